The normalized spacial score (nSPS) is 15.1. The van der Waals surface area contributed by atoms with Crippen LogP contribution >= 0.6 is 11.6 Å². The van der Waals surface area contributed by atoms with E-state index in [1.807, 2.05) is 24.3 Å². The summed E-state index contributed by atoms with van der Waals surface area (Å²) in [4.78, 5) is 17.0. The van der Waals surface area contributed by atoms with Gasteiger partial charge in [-0.25, -0.2) is 4.79 Å². The van der Waals surface area contributed by atoms with Crippen LogP contribution in [0.5, 0.6) is 0 Å². The van der Waals surface area contributed by atoms with Crippen LogP contribution in [0.25, 0.3) is 0 Å². The number of furan rings is 1. The number of nitrogens with zero attached hydrogens (tertiary/aromatic N) is 2. The standard InChI is InChI=1S/C23H25ClN4O2/c24-19-3-1-4-21(15-19)26-23(29)25-20-8-6-18(7-9-20)16-27-10-12-28(13-11-27)17-22-5-2-14-30-22/h1-9,14-15H,10-13,16-17H2,(H2,25,26,29). The Morgan fingerprint density at radius 1 is 0.867 bits per heavy atom. The third kappa shape index (κ3) is 5.86. The van der Waals surface area contributed by atoms with Crippen molar-refractivity contribution < 1.29 is 9.21 Å². The van der Waals surface area contributed by atoms with Gasteiger partial charge in [0.25, 0.3) is 0 Å². The molecule has 0 aliphatic carbocycles. The highest BCUT2D eigenvalue weighted by atomic mass is 35.5. The van der Waals surface area contributed by atoms with Crippen molar-refractivity contribution in [3.63, 3.8) is 0 Å². The maximum Gasteiger partial charge on any atom is 0.323 e. The van der Waals surface area contributed by atoms with Crippen molar-refractivity contribution in [1.29, 1.82) is 0 Å². The number of hydrogen-bond acceptors (Lipinski definition) is 4. The Hall–Kier alpha value is -2.80. The zero-order chi connectivity index (χ0) is 20.8. The second-order valence-electron chi connectivity index (χ2n) is 7.42. The molecule has 1 aromatic heterocycles. The van der Waals surface area contributed by atoms with Gasteiger partial charge >= 0.3 is 6.03 Å². The molecule has 0 radical (unpaired) electrons. The fourth-order valence-corrected chi connectivity index (χ4v) is 3.73. The lowest BCUT2D eigenvalue weighted by molar-refractivity contribution is 0.116. The van der Waals surface area contributed by atoms with Crippen molar-refractivity contribution in [3.05, 3.63) is 83.3 Å². The molecule has 0 spiro atoms. The molecule has 2 aromatic carbocycles. The lowest BCUT2D eigenvalue weighted by Gasteiger charge is -2.34. The highest BCUT2D eigenvalue weighted by molar-refractivity contribution is 6.30. The zero-order valence-electron chi connectivity index (χ0n) is 16.7. The van der Waals surface area contributed by atoms with Gasteiger partial charge in [-0.3, -0.25) is 9.80 Å². The predicted molar refractivity (Wildman–Crippen MR) is 120 cm³/mol. The Bertz CT molecular complexity index is 952. The Morgan fingerprint density at radius 3 is 2.23 bits per heavy atom. The Morgan fingerprint density at radius 2 is 1.57 bits per heavy atom. The van der Waals surface area contributed by atoms with Crippen molar-refractivity contribution in [2.45, 2.75) is 13.1 Å². The summed E-state index contributed by atoms with van der Waals surface area (Å²) in [5.41, 5.74) is 2.64. The third-order valence-corrected chi connectivity index (χ3v) is 5.36. The molecular weight excluding hydrogens is 400 g/mol. The molecule has 1 saturated heterocycles. The van der Waals surface area contributed by atoms with Crippen molar-refractivity contribution >= 4 is 29.0 Å². The molecule has 0 unspecified atom stereocenters. The summed E-state index contributed by atoms with van der Waals surface area (Å²) in [5, 5.41) is 6.20. The minimum absolute atomic E-state index is 0.294. The minimum atomic E-state index is -0.294. The van der Waals surface area contributed by atoms with Crippen LogP contribution in [0.15, 0.2) is 71.3 Å². The lowest BCUT2D eigenvalue weighted by Crippen LogP contribution is -2.45. The molecule has 2 heterocycles. The number of anilines is 2. The monoisotopic (exact) mass is 424 g/mol. The quantitative estimate of drug-likeness (QED) is 0.591. The topological polar surface area (TPSA) is 60.8 Å². The molecule has 156 valence electrons. The molecule has 2 amide bonds. The SMILES string of the molecule is O=C(Nc1ccc(CN2CCN(Cc3ccco3)CC2)cc1)Nc1cccc(Cl)c1. The number of nitrogens with one attached hydrogen (secondary N) is 2. The van der Waals surface area contributed by atoms with E-state index in [9.17, 15) is 4.79 Å². The molecule has 1 aliphatic rings. The number of amides is 2. The molecule has 3 aromatic rings. The van der Waals surface area contributed by atoms with Crippen LogP contribution in [0.4, 0.5) is 16.2 Å². The number of benzene rings is 2. The van der Waals surface area contributed by atoms with E-state index in [0.717, 1.165) is 50.7 Å². The van der Waals surface area contributed by atoms with Crippen LogP contribution in [0.1, 0.15) is 11.3 Å². The van der Waals surface area contributed by atoms with Gasteiger partial charge in [0.15, 0.2) is 0 Å². The molecule has 7 heteroatoms. The first-order valence-corrected chi connectivity index (χ1v) is 10.4. The highest BCUT2D eigenvalue weighted by Crippen LogP contribution is 2.17. The Labute approximate surface area is 181 Å². The first-order chi connectivity index (χ1) is 14.6. The van der Waals surface area contributed by atoms with Gasteiger partial charge in [0.05, 0.1) is 12.8 Å². The van der Waals surface area contributed by atoms with E-state index in [4.69, 9.17) is 16.0 Å². The molecule has 0 atom stereocenters. The average Bonchev–Trinajstić information content (AvgIpc) is 3.24. The second-order valence-corrected chi connectivity index (χ2v) is 7.85. The van der Waals surface area contributed by atoms with E-state index in [0.29, 0.717) is 10.7 Å². The largest absolute Gasteiger partial charge is 0.468 e. The Balaban J connectivity index is 1.22. The summed E-state index contributed by atoms with van der Waals surface area (Å²) in [6.07, 6.45) is 1.73. The summed E-state index contributed by atoms with van der Waals surface area (Å²) in [6.45, 7) is 5.90. The van der Waals surface area contributed by atoms with Gasteiger partial charge in [0.1, 0.15) is 5.76 Å². The fourth-order valence-electron chi connectivity index (χ4n) is 3.54. The Kier molecular flexibility index (Phi) is 6.69. The molecule has 0 saturated carbocycles. The molecule has 0 bridgehead atoms. The molecule has 4 rings (SSSR count). The van der Waals surface area contributed by atoms with Gasteiger partial charge in [-0.2, -0.15) is 0 Å². The van der Waals surface area contributed by atoms with Gasteiger partial charge in [-0.1, -0.05) is 29.8 Å². The molecular formula is C23H25ClN4O2. The van der Waals surface area contributed by atoms with Crippen LogP contribution in [0.2, 0.25) is 5.02 Å². The van der Waals surface area contributed by atoms with E-state index in [-0.39, 0.29) is 6.03 Å². The maximum atomic E-state index is 12.2. The smallest absolute Gasteiger partial charge is 0.323 e. The maximum absolute atomic E-state index is 12.2. The van der Waals surface area contributed by atoms with Crippen LogP contribution < -0.4 is 10.6 Å². The average molecular weight is 425 g/mol. The van der Waals surface area contributed by atoms with Crippen molar-refractivity contribution in [3.8, 4) is 0 Å². The number of carbonyl (C=O) groups excluding carboxylic acids is 1. The van der Waals surface area contributed by atoms with Crippen molar-refractivity contribution in [2.75, 3.05) is 36.8 Å². The van der Waals surface area contributed by atoms with E-state index < -0.39 is 0 Å². The second kappa shape index (κ2) is 9.80. The van der Waals surface area contributed by atoms with Crippen LogP contribution in [0.3, 0.4) is 0 Å². The van der Waals surface area contributed by atoms with Gasteiger partial charge in [-0.05, 0) is 48.0 Å². The lowest BCUT2D eigenvalue weighted by atomic mass is 10.1. The first-order valence-electron chi connectivity index (χ1n) is 10.0. The van der Waals surface area contributed by atoms with Gasteiger partial charge in [0, 0.05) is 49.1 Å². The van der Waals surface area contributed by atoms with E-state index >= 15 is 0 Å². The number of urea groups is 1. The van der Waals surface area contributed by atoms with Crippen molar-refractivity contribution in [1.82, 2.24) is 9.80 Å². The van der Waals surface area contributed by atoms with Crippen LogP contribution in [-0.4, -0.2) is 42.0 Å². The summed E-state index contributed by atoms with van der Waals surface area (Å²) in [7, 11) is 0. The number of carbonyl (C=O) groups is 1. The van der Waals surface area contributed by atoms with Crippen molar-refractivity contribution in [2.24, 2.45) is 0 Å². The van der Waals surface area contributed by atoms with Crippen LogP contribution in [-0.2, 0) is 13.1 Å². The van der Waals surface area contributed by atoms with Crippen LogP contribution in [0, 0.1) is 0 Å². The molecule has 2 N–H and O–H groups in total. The van der Waals surface area contributed by atoms with Gasteiger partial charge in [0.2, 0.25) is 0 Å². The number of piperazine rings is 1. The van der Waals surface area contributed by atoms with E-state index in [1.165, 1.54) is 5.56 Å². The van der Waals surface area contributed by atoms with E-state index in [1.54, 1.807) is 30.5 Å². The highest BCUT2D eigenvalue weighted by Gasteiger charge is 2.17. The number of halogens is 1. The summed E-state index contributed by atoms with van der Waals surface area (Å²) in [5.74, 6) is 1.02. The minimum Gasteiger partial charge on any atom is -0.468 e. The number of rotatable bonds is 6. The van der Waals surface area contributed by atoms with Gasteiger partial charge < -0.3 is 15.1 Å². The number of hydrogen-bond donors (Lipinski definition) is 2. The van der Waals surface area contributed by atoms with Gasteiger partial charge in [-0.15, -0.1) is 0 Å². The summed E-state index contributed by atoms with van der Waals surface area (Å²) >= 11 is 5.94. The third-order valence-electron chi connectivity index (χ3n) is 5.12. The fraction of sp³-hybridized carbons (Fsp3) is 0.261. The molecule has 1 aliphatic heterocycles. The van der Waals surface area contributed by atoms with E-state index in [2.05, 4.69) is 32.6 Å². The predicted octanol–water partition coefficient (Wildman–Crippen LogP) is 4.89. The molecule has 6 nitrogen and oxygen atoms in total. The first kappa shape index (κ1) is 20.5. The molecule has 1 fully saturated rings. The molecule has 30 heavy (non-hydrogen) atoms. The zero-order valence-corrected chi connectivity index (χ0v) is 17.4. The summed E-state index contributed by atoms with van der Waals surface area (Å²) in [6, 6.07) is 18.7. The summed E-state index contributed by atoms with van der Waals surface area (Å²) < 4.78 is 5.44.